The highest BCUT2D eigenvalue weighted by Crippen LogP contribution is 2.67. The molecular weight excluding hydrogens is 1400 g/mol. The van der Waals surface area contributed by atoms with Crippen molar-refractivity contribution in [3.63, 3.8) is 0 Å². The van der Waals surface area contributed by atoms with E-state index in [1.54, 1.807) is 110 Å². The Morgan fingerprint density at radius 1 is 0.744 bits per heavy atom. The molecule has 0 radical (unpaired) electrons. The van der Waals surface area contributed by atoms with Crippen molar-refractivity contribution in [3.05, 3.63) is 143 Å². The molecule has 8 rings (SSSR count). The molecule has 3 fully saturated rings. The first-order chi connectivity index (χ1) is 41.3. The summed E-state index contributed by atoms with van der Waals surface area (Å²) >= 11 is 0. The van der Waals surface area contributed by atoms with Gasteiger partial charge < -0.3 is 111 Å². The van der Waals surface area contributed by atoms with Crippen molar-refractivity contribution >= 4 is 53.9 Å². The number of amides is 3. The van der Waals surface area contributed by atoms with Crippen LogP contribution in [-0.4, -0.2) is 149 Å². The minimum Gasteiger partial charge on any atom is -1.00 e. The zero-order valence-corrected chi connectivity index (χ0v) is 56.4. The highest BCUT2D eigenvalue weighted by Gasteiger charge is 2.77. The summed E-state index contributed by atoms with van der Waals surface area (Å²) in [5.41, 5.74) is -8.99. The molecule has 4 aliphatic carbocycles. The number of nitrogens with one attached hydrogen (secondary N) is 1. The van der Waals surface area contributed by atoms with Gasteiger partial charge in [0, 0.05) is 65.0 Å². The highest BCUT2D eigenvalue weighted by molar-refractivity contribution is 5.96. The molecule has 0 unspecified atom stereocenters. The zero-order valence-electron chi connectivity index (χ0n) is 52.1. The van der Waals surface area contributed by atoms with Crippen LogP contribution >= 0.6 is 0 Å². The number of hydrogen-bond acceptors (Lipinski definition) is 19. The SMILES string of the molecule is CC(=O)O[C@@]12CC[C@@H]1C[C@H](O)[C@@]1(C)C(=O)[C@H](OC(=O)OC[n+]3cccc(C(=O)N(C)C)c3)C3=C(C)[C@@H](OC(=O)[C@H](OC(=O)OC[n+]4cccc(C(=O)N(C)C)c4)[C@@H](NC(=O)OC(C)(C)C)c4ccccc4)C[C@@](O)([C@@H](OC(=O)c4ccccc4)[C@H]21)C3(C)C.[I-].[I-]. The minimum absolute atomic E-state index is 0. The Labute approximate surface area is 555 Å². The van der Waals surface area contributed by atoms with E-state index in [2.05, 4.69) is 5.32 Å². The fourth-order valence-corrected chi connectivity index (χ4v) is 12.8. The fraction of sp³-hybridized carbons (Fsp3) is 0.484. The molecule has 486 valence electrons. The monoisotopic (exact) mass is 1470 g/mol. The number of alkyl carbamates (subject to hydrolysis) is 1. The first-order valence-electron chi connectivity index (χ1n) is 28.8. The van der Waals surface area contributed by atoms with E-state index in [1.807, 2.05) is 0 Å². The second-order valence-corrected chi connectivity index (χ2v) is 24.9. The maximum absolute atomic E-state index is 16.4. The lowest BCUT2D eigenvalue weighted by Gasteiger charge is -2.68. The van der Waals surface area contributed by atoms with E-state index in [-0.39, 0.29) is 106 Å². The molecule has 3 N–H and O–H groups in total. The lowest BCUT2D eigenvalue weighted by Crippen LogP contribution is -3.00. The van der Waals surface area contributed by atoms with Crippen molar-refractivity contribution in [2.45, 2.75) is 148 Å². The molecule has 26 heteroatoms. The number of fused-ring (bicyclic) bond motifs is 5. The molecule has 2 aromatic heterocycles. The molecule has 90 heavy (non-hydrogen) atoms. The average Bonchev–Trinajstić information content (AvgIpc) is 0.671. The smallest absolute Gasteiger partial charge is 0.514 e. The van der Waals surface area contributed by atoms with Gasteiger partial charge in [-0.15, -0.1) is 0 Å². The average molecular weight is 1470 g/mol. The quantitative estimate of drug-likeness (QED) is 0.0434. The lowest BCUT2D eigenvalue weighted by atomic mass is 9.41. The minimum atomic E-state index is -2.59. The number of ether oxygens (including phenoxy) is 8. The summed E-state index contributed by atoms with van der Waals surface area (Å²) in [6.45, 7) is 10.7. The first kappa shape index (κ1) is 71.8. The molecule has 11 atom stereocenters. The second-order valence-electron chi connectivity index (χ2n) is 24.9. The number of carbonyl (C=O) groups is 9. The van der Waals surface area contributed by atoms with Gasteiger partial charge in [-0.2, -0.15) is 9.13 Å². The molecule has 4 aromatic rings. The van der Waals surface area contributed by atoms with Crippen LogP contribution in [0.25, 0.3) is 0 Å². The van der Waals surface area contributed by atoms with Crippen LogP contribution in [0.3, 0.4) is 0 Å². The Kier molecular flexibility index (Phi) is 22.7. The third kappa shape index (κ3) is 14.7. The second kappa shape index (κ2) is 28.5. The standard InChI is InChI=1S/C64H76N5O19.2HI/c1-37-44(83-56(76)49(47(39-21-15-13-16-22-39)65-57(77)88-60(3,4)5)85-59(79)82-36-69-30-20-26-42(34-69)54(74)67(11)12)32-64(80)52(86-55(75)40-23-17-14-18-24-40)50-62(8,45(71)31-43-27-28-63(43,50)87-38(2)70)51(72)48(46(37)61(64,6)7)84-58(78)81-35-68-29-19-25-41(33-68)53(73)66(9)10;;/h13-26,29-30,33-34,43-45,47-50,52,71,80H,27-28,31-32,35-36H2,1-12H3;2*1H/q+1;;/p-1/t43-,44+,45+,47+,48-,49-,50+,52+,62-,63+,64-;;/m1../s1. The maximum atomic E-state index is 16.4. The lowest BCUT2D eigenvalue weighted by molar-refractivity contribution is -0.728. The van der Waals surface area contributed by atoms with Crippen LogP contribution in [0, 0.1) is 22.7 Å². The summed E-state index contributed by atoms with van der Waals surface area (Å²) in [6, 6.07) is 20.2. The summed E-state index contributed by atoms with van der Waals surface area (Å²) in [6.07, 6.45) is -8.11. The van der Waals surface area contributed by atoms with E-state index in [0.717, 1.165) is 6.92 Å². The number of pyridine rings is 2. The van der Waals surface area contributed by atoms with E-state index in [1.165, 1.54) is 95.7 Å². The van der Waals surface area contributed by atoms with Crippen LogP contribution < -0.4 is 62.4 Å². The molecule has 3 saturated carbocycles. The number of aromatic nitrogens is 2. The summed E-state index contributed by atoms with van der Waals surface area (Å²) in [5.74, 6) is -7.16. The van der Waals surface area contributed by atoms with Gasteiger partial charge in [-0.1, -0.05) is 62.4 Å². The van der Waals surface area contributed by atoms with E-state index in [4.69, 9.17) is 37.9 Å². The van der Waals surface area contributed by atoms with Gasteiger partial charge in [-0.3, -0.25) is 19.2 Å². The Morgan fingerprint density at radius 3 is 1.79 bits per heavy atom. The van der Waals surface area contributed by atoms with Crippen LogP contribution in [0.1, 0.15) is 124 Å². The van der Waals surface area contributed by atoms with Gasteiger partial charge in [0.05, 0.1) is 23.0 Å². The number of carbonyl (C=O) groups excluding carboxylic acids is 9. The van der Waals surface area contributed by atoms with Gasteiger partial charge in [-0.25, -0.2) is 24.0 Å². The normalized spacial score (nSPS) is 25.2. The molecular formula is C64H77I2N5O19. The first-order valence-corrected chi connectivity index (χ1v) is 28.8. The molecule has 2 heterocycles. The van der Waals surface area contributed by atoms with Crippen molar-refractivity contribution in [2.75, 3.05) is 28.2 Å². The third-order valence-electron chi connectivity index (χ3n) is 17.2. The molecule has 2 aromatic carbocycles. The Morgan fingerprint density at radius 2 is 1.28 bits per heavy atom. The number of Topliss-reactive ketones (excluding diaryl/α,β-unsaturated/α-hetero) is 1. The van der Waals surface area contributed by atoms with Gasteiger partial charge in [0.1, 0.15) is 46.2 Å². The number of rotatable bonds is 16. The fourth-order valence-electron chi connectivity index (χ4n) is 12.8. The van der Waals surface area contributed by atoms with Crippen LogP contribution in [0.2, 0.25) is 0 Å². The summed E-state index contributed by atoms with van der Waals surface area (Å²) in [5, 5.41) is 29.6. The summed E-state index contributed by atoms with van der Waals surface area (Å²) in [4.78, 5) is 131. The zero-order chi connectivity index (χ0) is 64.4. The largest absolute Gasteiger partial charge is 1.00 e. The Balaban J connectivity index is 0.00000645. The topological polar surface area (TPSA) is 294 Å². The van der Waals surface area contributed by atoms with E-state index >= 15 is 9.59 Å². The van der Waals surface area contributed by atoms with Crippen molar-refractivity contribution in [2.24, 2.45) is 22.7 Å². The van der Waals surface area contributed by atoms with Gasteiger partial charge >= 0.3 is 36.3 Å². The van der Waals surface area contributed by atoms with Crippen LogP contribution in [0.4, 0.5) is 14.4 Å². The number of halogens is 2. The predicted molar refractivity (Wildman–Crippen MR) is 307 cm³/mol. The van der Waals surface area contributed by atoms with E-state index in [9.17, 15) is 43.8 Å². The molecule has 3 amide bonds. The van der Waals surface area contributed by atoms with Crippen LogP contribution in [0.5, 0.6) is 0 Å². The molecule has 24 nitrogen and oxygen atoms in total. The van der Waals surface area contributed by atoms with Crippen molar-refractivity contribution in [3.8, 4) is 0 Å². The van der Waals surface area contributed by atoms with Gasteiger partial charge in [-0.05, 0) is 94.9 Å². The Hall–Kier alpha value is -7.31. The Bertz CT molecular complexity index is 3400. The number of ketones is 1. The third-order valence-corrected chi connectivity index (χ3v) is 17.2. The molecule has 0 spiro atoms. The number of nitrogens with zero attached hydrogens (tertiary/aromatic N) is 4. The number of hydrogen-bond donors (Lipinski definition) is 3. The van der Waals surface area contributed by atoms with Crippen LogP contribution in [0.15, 0.2) is 121 Å². The maximum Gasteiger partial charge on any atom is 0.514 e. The number of benzene rings is 2. The summed E-state index contributed by atoms with van der Waals surface area (Å²) < 4.78 is 51.0. The van der Waals surface area contributed by atoms with Gasteiger partial charge in [0.15, 0.2) is 36.7 Å². The molecule has 4 aliphatic rings. The number of aliphatic hydroxyl groups is 2. The van der Waals surface area contributed by atoms with Crippen LogP contribution in [-0.2, 0) is 65.7 Å². The van der Waals surface area contributed by atoms with Crippen molar-refractivity contribution in [1.82, 2.24) is 15.1 Å². The number of aliphatic hydroxyl groups excluding tert-OH is 1. The van der Waals surface area contributed by atoms with E-state index < -0.39 is 138 Å². The van der Waals surface area contributed by atoms with Gasteiger partial charge in [0.25, 0.3) is 25.3 Å². The summed E-state index contributed by atoms with van der Waals surface area (Å²) in [7, 11) is 6.25. The molecule has 0 aliphatic heterocycles. The van der Waals surface area contributed by atoms with Crippen molar-refractivity contribution < 1.29 is 148 Å². The molecule has 0 saturated heterocycles. The highest BCUT2D eigenvalue weighted by atomic mass is 127. The van der Waals surface area contributed by atoms with E-state index in [0.29, 0.717) is 6.42 Å². The number of esters is 3. The van der Waals surface area contributed by atoms with Crippen molar-refractivity contribution in [1.29, 1.82) is 0 Å². The van der Waals surface area contributed by atoms with Gasteiger partial charge in [0.2, 0.25) is 6.10 Å². The molecule has 2 bridgehead atoms. The predicted octanol–water partition coefficient (Wildman–Crippen LogP) is -0.105.